The number of nitrogens with zero attached hydrogens (tertiary/aromatic N) is 2. The molecule has 162 valence electrons. The minimum Gasteiger partial charge on any atom is -0.459 e. The third-order valence-electron chi connectivity index (χ3n) is 4.99. The van der Waals surface area contributed by atoms with E-state index in [1.807, 2.05) is 65.8 Å². The molecule has 2 heterocycles. The number of rotatable bonds is 4. The van der Waals surface area contributed by atoms with Crippen molar-refractivity contribution in [1.29, 1.82) is 0 Å². The van der Waals surface area contributed by atoms with Gasteiger partial charge >= 0.3 is 5.97 Å². The second-order valence-electron chi connectivity index (χ2n) is 8.97. The molecule has 1 aromatic rings. The zero-order valence-corrected chi connectivity index (χ0v) is 19.4. The van der Waals surface area contributed by atoms with Crippen molar-refractivity contribution >= 4 is 34.5 Å². The van der Waals surface area contributed by atoms with Crippen molar-refractivity contribution in [2.75, 3.05) is 17.6 Å². The number of nitrogens with one attached hydrogen (secondary N) is 1. The zero-order valence-electron chi connectivity index (χ0n) is 18.6. The first kappa shape index (κ1) is 22.4. The van der Waals surface area contributed by atoms with Gasteiger partial charge in [0.25, 0.3) is 0 Å². The normalized spacial score (nSPS) is 19.4. The Kier molecular flexibility index (Phi) is 6.60. The maximum absolute atomic E-state index is 13.0. The molecule has 1 saturated heterocycles. The van der Waals surface area contributed by atoms with Gasteiger partial charge in [0.05, 0.1) is 23.4 Å². The summed E-state index contributed by atoms with van der Waals surface area (Å²) in [6.07, 6.45) is 0.834. The number of anilines is 1. The monoisotopic (exact) mass is 429 g/mol. The number of amidine groups is 1. The summed E-state index contributed by atoms with van der Waals surface area (Å²) < 4.78 is 5.55. The molecule has 1 aromatic carbocycles. The predicted molar refractivity (Wildman–Crippen MR) is 122 cm³/mol. The van der Waals surface area contributed by atoms with E-state index in [1.165, 1.54) is 0 Å². The van der Waals surface area contributed by atoms with Gasteiger partial charge in [-0.3, -0.25) is 4.79 Å². The first-order valence-corrected chi connectivity index (χ1v) is 11.4. The van der Waals surface area contributed by atoms with Crippen LogP contribution in [-0.4, -0.2) is 40.3 Å². The maximum atomic E-state index is 13.0. The Morgan fingerprint density at radius 2 is 1.90 bits per heavy atom. The Morgan fingerprint density at radius 1 is 1.23 bits per heavy atom. The molecule has 0 spiro atoms. The summed E-state index contributed by atoms with van der Waals surface area (Å²) in [6, 6.07) is 7.48. The van der Waals surface area contributed by atoms with Crippen LogP contribution in [0.3, 0.4) is 0 Å². The van der Waals surface area contributed by atoms with Crippen molar-refractivity contribution in [3.05, 3.63) is 41.1 Å². The van der Waals surface area contributed by atoms with Crippen molar-refractivity contribution in [3.63, 3.8) is 0 Å². The van der Waals surface area contributed by atoms with Crippen LogP contribution in [0.1, 0.15) is 59.6 Å². The van der Waals surface area contributed by atoms with Crippen molar-refractivity contribution < 1.29 is 14.3 Å². The van der Waals surface area contributed by atoms with E-state index in [1.54, 1.807) is 11.8 Å². The topological polar surface area (TPSA) is 71.0 Å². The molecule has 6 nitrogen and oxygen atoms in total. The third kappa shape index (κ3) is 4.89. The first-order valence-electron chi connectivity index (χ1n) is 10.4. The Hall–Kier alpha value is -2.28. The van der Waals surface area contributed by atoms with Crippen molar-refractivity contribution in [3.8, 4) is 0 Å². The van der Waals surface area contributed by atoms with Crippen LogP contribution < -0.4 is 5.32 Å². The number of esters is 1. The van der Waals surface area contributed by atoms with Gasteiger partial charge < -0.3 is 15.0 Å². The average molecular weight is 430 g/mol. The highest BCUT2D eigenvalue weighted by molar-refractivity contribution is 8.13. The van der Waals surface area contributed by atoms with E-state index in [-0.39, 0.29) is 24.0 Å². The fourth-order valence-electron chi connectivity index (χ4n) is 3.42. The summed E-state index contributed by atoms with van der Waals surface area (Å²) in [7, 11) is 0. The summed E-state index contributed by atoms with van der Waals surface area (Å²) in [5.41, 5.74) is 2.54. The Morgan fingerprint density at radius 3 is 2.50 bits per heavy atom. The molecule has 1 N–H and O–H groups in total. The van der Waals surface area contributed by atoms with Crippen LogP contribution >= 0.6 is 11.8 Å². The smallest absolute Gasteiger partial charge is 0.338 e. The zero-order chi connectivity index (χ0) is 22.1. The molecule has 1 atom stereocenters. The van der Waals surface area contributed by atoms with E-state index in [9.17, 15) is 9.59 Å². The van der Waals surface area contributed by atoms with Crippen LogP contribution in [0, 0.1) is 5.41 Å². The largest absolute Gasteiger partial charge is 0.459 e. The highest BCUT2D eigenvalue weighted by Gasteiger charge is 2.38. The van der Waals surface area contributed by atoms with E-state index < -0.39 is 5.41 Å². The quantitative estimate of drug-likeness (QED) is 0.700. The molecule has 0 saturated carbocycles. The van der Waals surface area contributed by atoms with E-state index in [2.05, 4.69) is 10.2 Å². The summed E-state index contributed by atoms with van der Waals surface area (Å²) in [5.74, 6) is 0.668. The molecule has 30 heavy (non-hydrogen) atoms. The highest BCUT2D eigenvalue weighted by Crippen LogP contribution is 2.40. The Balaban J connectivity index is 1.95. The van der Waals surface area contributed by atoms with Crippen molar-refractivity contribution in [1.82, 2.24) is 4.90 Å². The molecule has 7 heteroatoms. The molecule has 3 rings (SSSR count). The standard InChI is InChI=1S/C23H31N3O3S/c1-14(2)29-20(27)18-15(3)24-22-26(12-7-13-30-22)19(18)16-8-10-17(11-9-16)25-21(28)23(4,5)6/h8-11,14,19H,7,12-13H2,1-6H3,(H,25,28). The van der Waals surface area contributed by atoms with E-state index >= 15 is 0 Å². The highest BCUT2D eigenvalue weighted by atomic mass is 32.2. The molecule has 0 radical (unpaired) electrons. The van der Waals surface area contributed by atoms with Gasteiger partial charge in [-0.2, -0.15) is 0 Å². The lowest BCUT2D eigenvalue weighted by Crippen LogP contribution is -2.42. The molecule has 1 amide bonds. The number of carbonyl (C=O) groups excluding carboxylic acids is 2. The van der Waals surface area contributed by atoms with Crippen molar-refractivity contribution in [2.24, 2.45) is 10.4 Å². The summed E-state index contributed by atoms with van der Waals surface area (Å²) in [5, 5.41) is 3.91. The second kappa shape index (κ2) is 8.84. The lowest BCUT2D eigenvalue weighted by molar-refractivity contribution is -0.143. The molecule has 0 aliphatic carbocycles. The molecule has 0 aromatic heterocycles. The van der Waals surface area contributed by atoms with Crippen LogP contribution in [0.4, 0.5) is 5.69 Å². The van der Waals surface area contributed by atoms with Gasteiger partial charge in [0.1, 0.15) is 0 Å². The van der Waals surface area contributed by atoms with Gasteiger partial charge in [-0.1, -0.05) is 44.7 Å². The number of allylic oxidation sites excluding steroid dienone is 1. The minimum atomic E-state index is -0.466. The van der Waals surface area contributed by atoms with Crippen LogP contribution in [0.25, 0.3) is 0 Å². The molecular weight excluding hydrogens is 398 g/mol. The number of benzene rings is 1. The number of thioether (sulfide) groups is 1. The molecular formula is C23H31N3O3S. The predicted octanol–water partition coefficient (Wildman–Crippen LogP) is 4.75. The van der Waals surface area contributed by atoms with Gasteiger partial charge in [-0.05, 0) is 44.9 Å². The summed E-state index contributed by atoms with van der Waals surface area (Å²) in [4.78, 5) is 32.1. The lowest BCUT2D eigenvalue weighted by Gasteiger charge is -2.40. The van der Waals surface area contributed by atoms with E-state index in [4.69, 9.17) is 9.73 Å². The van der Waals surface area contributed by atoms with E-state index in [0.717, 1.165) is 35.1 Å². The van der Waals surface area contributed by atoms with Gasteiger partial charge in [0.15, 0.2) is 5.17 Å². The fourth-order valence-corrected chi connectivity index (χ4v) is 4.44. The number of hydrogen-bond donors (Lipinski definition) is 1. The van der Waals surface area contributed by atoms with Crippen LogP contribution in [0.5, 0.6) is 0 Å². The Labute approximate surface area is 183 Å². The van der Waals surface area contributed by atoms with Crippen LogP contribution in [0.2, 0.25) is 0 Å². The van der Waals surface area contributed by atoms with Gasteiger partial charge in [-0.25, -0.2) is 9.79 Å². The minimum absolute atomic E-state index is 0.0355. The van der Waals surface area contributed by atoms with Crippen LogP contribution in [-0.2, 0) is 14.3 Å². The van der Waals surface area contributed by atoms with Crippen molar-refractivity contribution in [2.45, 2.75) is 60.1 Å². The second-order valence-corrected chi connectivity index (χ2v) is 10.0. The van der Waals surface area contributed by atoms with Gasteiger partial charge in [0, 0.05) is 23.4 Å². The molecule has 1 unspecified atom stereocenters. The lowest BCUT2D eigenvalue weighted by atomic mass is 9.93. The first-order chi connectivity index (χ1) is 14.1. The summed E-state index contributed by atoms with van der Waals surface area (Å²) >= 11 is 1.72. The molecule has 0 bridgehead atoms. The number of aliphatic imine (C=N–C) groups is 1. The number of amides is 1. The molecule has 2 aliphatic rings. The van der Waals surface area contributed by atoms with Crippen LogP contribution in [0.15, 0.2) is 40.5 Å². The average Bonchev–Trinajstić information content (AvgIpc) is 2.66. The van der Waals surface area contributed by atoms with Gasteiger partial charge in [-0.15, -0.1) is 0 Å². The number of hydrogen-bond acceptors (Lipinski definition) is 6. The molecule has 2 aliphatic heterocycles. The SMILES string of the molecule is CC1=C(C(=O)OC(C)C)C(c2ccc(NC(=O)C(C)(C)C)cc2)N2CCCSC2=N1. The number of fused-ring (bicyclic) bond motifs is 1. The fraction of sp³-hybridized carbons (Fsp3) is 0.522. The van der Waals surface area contributed by atoms with E-state index in [0.29, 0.717) is 11.3 Å². The van der Waals surface area contributed by atoms with Gasteiger partial charge in [0.2, 0.25) is 5.91 Å². The molecule has 1 fully saturated rings. The number of ether oxygens (including phenoxy) is 1. The summed E-state index contributed by atoms with van der Waals surface area (Å²) in [6.45, 7) is 12.1. The Bertz CT molecular complexity index is 882. The third-order valence-corrected chi connectivity index (χ3v) is 6.06. The maximum Gasteiger partial charge on any atom is 0.338 e. The number of carbonyl (C=O) groups is 2.